The van der Waals surface area contributed by atoms with Crippen molar-refractivity contribution in [3.63, 3.8) is 0 Å². The first-order valence-corrected chi connectivity index (χ1v) is 4.32. The van der Waals surface area contributed by atoms with Gasteiger partial charge in [0.2, 0.25) is 5.82 Å². The number of hydrogen-bond donors (Lipinski definition) is 1. The molecule has 0 unspecified atom stereocenters. The Morgan fingerprint density at radius 1 is 1.53 bits per heavy atom. The van der Waals surface area contributed by atoms with Crippen molar-refractivity contribution in [2.24, 2.45) is 7.05 Å². The van der Waals surface area contributed by atoms with Gasteiger partial charge in [-0.15, -0.1) is 10.2 Å². The molecular weight excluding hydrogens is 196 g/mol. The smallest absolute Gasteiger partial charge is 0.212 e. The monoisotopic (exact) mass is 206 g/mol. The summed E-state index contributed by atoms with van der Waals surface area (Å²) in [6.07, 6.45) is 1.60. The van der Waals surface area contributed by atoms with Crippen molar-refractivity contribution in [1.82, 2.24) is 25.2 Å². The SMILES string of the molecule is Cn1nnc(COc2cccnc2N)n1. The molecule has 0 aliphatic rings. The minimum Gasteiger partial charge on any atom is -0.482 e. The molecule has 0 aromatic carbocycles. The van der Waals surface area contributed by atoms with Crippen LogP contribution >= 0.6 is 0 Å². The van der Waals surface area contributed by atoms with E-state index in [0.717, 1.165) is 0 Å². The number of anilines is 1. The topological polar surface area (TPSA) is 91.7 Å². The summed E-state index contributed by atoms with van der Waals surface area (Å²) in [7, 11) is 1.69. The summed E-state index contributed by atoms with van der Waals surface area (Å²) in [5.41, 5.74) is 5.59. The van der Waals surface area contributed by atoms with Crippen LogP contribution in [0.3, 0.4) is 0 Å². The maximum absolute atomic E-state index is 5.59. The Balaban J connectivity index is 2.02. The summed E-state index contributed by atoms with van der Waals surface area (Å²) in [5, 5.41) is 11.4. The number of hydrogen-bond acceptors (Lipinski definition) is 6. The first-order chi connectivity index (χ1) is 7.25. The Bertz CT molecular complexity index is 454. The highest BCUT2D eigenvalue weighted by molar-refractivity contribution is 5.44. The van der Waals surface area contributed by atoms with E-state index in [1.165, 1.54) is 4.80 Å². The molecule has 0 saturated heterocycles. The standard InChI is InChI=1S/C8H10N6O/c1-14-12-7(11-13-14)5-15-6-3-2-4-10-8(6)9/h2-4H,5H2,1H3,(H2,9,10). The van der Waals surface area contributed by atoms with Crippen LogP contribution in [0.5, 0.6) is 5.75 Å². The van der Waals surface area contributed by atoms with E-state index < -0.39 is 0 Å². The molecule has 0 fully saturated rings. The molecule has 0 aliphatic heterocycles. The summed E-state index contributed by atoms with van der Waals surface area (Å²) < 4.78 is 5.37. The lowest BCUT2D eigenvalue weighted by Gasteiger charge is -2.04. The lowest BCUT2D eigenvalue weighted by Crippen LogP contribution is -2.02. The van der Waals surface area contributed by atoms with Crippen LogP contribution < -0.4 is 10.5 Å². The first-order valence-electron chi connectivity index (χ1n) is 4.32. The van der Waals surface area contributed by atoms with Gasteiger partial charge >= 0.3 is 0 Å². The van der Waals surface area contributed by atoms with E-state index in [-0.39, 0.29) is 6.61 Å². The quantitative estimate of drug-likeness (QED) is 0.745. The molecule has 15 heavy (non-hydrogen) atoms. The minimum absolute atomic E-state index is 0.226. The zero-order valence-corrected chi connectivity index (χ0v) is 8.16. The predicted octanol–water partition coefficient (Wildman–Crippen LogP) is -0.234. The molecule has 2 heterocycles. The molecule has 2 N–H and O–H groups in total. The van der Waals surface area contributed by atoms with E-state index in [2.05, 4.69) is 20.4 Å². The molecule has 0 amide bonds. The van der Waals surface area contributed by atoms with Crippen LogP contribution in [0.2, 0.25) is 0 Å². The number of rotatable bonds is 3. The molecule has 7 nitrogen and oxygen atoms in total. The number of nitrogen functional groups attached to an aromatic ring is 1. The number of tetrazole rings is 1. The van der Waals surface area contributed by atoms with Crippen molar-refractivity contribution in [2.45, 2.75) is 6.61 Å². The predicted molar refractivity (Wildman–Crippen MR) is 51.8 cm³/mol. The fraction of sp³-hybridized carbons (Fsp3) is 0.250. The molecule has 0 spiro atoms. The van der Waals surface area contributed by atoms with E-state index in [9.17, 15) is 0 Å². The lowest BCUT2D eigenvalue weighted by molar-refractivity contribution is 0.296. The number of ether oxygens (including phenoxy) is 1. The summed E-state index contributed by atoms with van der Waals surface area (Å²) in [6, 6.07) is 3.48. The summed E-state index contributed by atoms with van der Waals surface area (Å²) in [4.78, 5) is 5.25. The van der Waals surface area contributed by atoms with Crippen molar-refractivity contribution in [2.75, 3.05) is 5.73 Å². The van der Waals surface area contributed by atoms with Crippen molar-refractivity contribution >= 4 is 5.82 Å². The molecular formula is C8H10N6O. The van der Waals surface area contributed by atoms with Crippen LogP contribution in [0.1, 0.15) is 5.82 Å². The number of pyridine rings is 1. The fourth-order valence-electron chi connectivity index (χ4n) is 1.05. The van der Waals surface area contributed by atoms with Gasteiger partial charge in [0, 0.05) is 6.20 Å². The van der Waals surface area contributed by atoms with Crippen LogP contribution in [0.15, 0.2) is 18.3 Å². The fourth-order valence-corrected chi connectivity index (χ4v) is 1.05. The van der Waals surface area contributed by atoms with Gasteiger partial charge in [0.1, 0.15) is 0 Å². The molecule has 0 bridgehead atoms. The van der Waals surface area contributed by atoms with E-state index in [1.807, 2.05) is 0 Å². The zero-order chi connectivity index (χ0) is 10.7. The van der Waals surface area contributed by atoms with Crippen molar-refractivity contribution in [3.8, 4) is 5.75 Å². The minimum atomic E-state index is 0.226. The molecule has 2 aromatic heterocycles. The van der Waals surface area contributed by atoms with E-state index in [1.54, 1.807) is 25.4 Å². The normalized spacial score (nSPS) is 10.2. The lowest BCUT2D eigenvalue weighted by atomic mass is 10.4. The molecule has 2 rings (SSSR count). The molecule has 0 saturated carbocycles. The van der Waals surface area contributed by atoms with Gasteiger partial charge in [0.15, 0.2) is 18.2 Å². The third kappa shape index (κ3) is 2.19. The second kappa shape index (κ2) is 3.91. The summed E-state index contributed by atoms with van der Waals surface area (Å²) in [6.45, 7) is 0.226. The molecule has 0 radical (unpaired) electrons. The van der Waals surface area contributed by atoms with Crippen molar-refractivity contribution in [3.05, 3.63) is 24.2 Å². The van der Waals surface area contributed by atoms with Gasteiger partial charge < -0.3 is 10.5 Å². The van der Waals surface area contributed by atoms with Gasteiger partial charge in [-0.05, 0) is 17.3 Å². The largest absolute Gasteiger partial charge is 0.482 e. The van der Waals surface area contributed by atoms with Gasteiger partial charge in [-0.1, -0.05) is 0 Å². The van der Waals surface area contributed by atoms with Gasteiger partial charge in [-0.3, -0.25) is 0 Å². The molecule has 78 valence electrons. The zero-order valence-electron chi connectivity index (χ0n) is 8.16. The van der Waals surface area contributed by atoms with Gasteiger partial charge in [0.25, 0.3) is 0 Å². The second-order valence-corrected chi connectivity index (χ2v) is 2.87. The van der Waals surface area contributed by atoms with Crippen LogP contribution in [0.4, 0.5) is 5.82 Å². The highest BCUT2D eigenvalue weighted by Gasteiger charge is 2.04. The van der Waals surface area contributed by atoms with Crippen LogP contribution in [-0.4, -0.2) is 25.2 Å². The Morgan fingerprint density at radius 3 is 3.07 bits per heavy atom. The second-order valence-electron chi connectivity index (χ2n) is 2.87. The third-order valence-electron chi connectivity index (χ3n) is 1.71. The van der Waals surface area contributed by atoms with E-state index in [0.29, 0.717) is 17.4 Å². The van der Waals surface area contributed by atoms with Gasteiger partial charge in [0.05, 0.1) is 7.05 Å². The van der Waals surface area contributed by atoms with E-state index in [4.69, 9.17) is 10.5 Å². The number of aryl methyl sites for hydroxylation is 1. The Labute approximate surface area is 85.9 Å². The maximum atomic E-state index is 5.59. The average molecular weight is 206 g/mol. The Hall–Kier alpha value is -2.18. The van der Waals surface area contributed by atoms with Crippen LogP contribution in [-0.2, 0) is 13.7 Å². The summed E-state index contributed by atoms with van der Waals surface area (Å²) >= 11 is 0. The average Bonchev–Trinajstić information content (AvgIpc) is 2.63. The van der Waals surface area contributed by atoms with Crippen LogP contribution in [0, 0.1) is 0 Å². The van der Waals surface area contributed by atoms with Crippen molar-refractivity contribution < 1.29 is 4.74 Å². The maximum Gasteiger partial charge on any atom is 0.212 e. The molecule has 0 aliphatic carbocycles. The van der Waals surface area contributed by atoms with Gasteiger partial charge in [-0.2, -0.15) is 4.80 Å². The highest BCUT2D eigenvalue weighted by Crippen LogP contribution is 2.17. The molecule has 7 heteroatoms. The Kier molecular flexibility index (Phi) is 2.44. The molecule has 2 aromatic rings. The highest BCUT2D eigenvalue weighted by atomic mass is 16.5. The number of aromatic nitrogens is 5. The van der Waals surface area contributed by atoms with Gasteiger partial charge in [-0.25, -0.2) is 4.98 Å². The van der Waals surface area contributed by atoms with E-state index >= 15 is 0 Å². The first kappa shape index (κ1) is 9.38. The number of nitrogens with zero attached hydrogens (tertiary/aromatic N) is 5. The molecule has 0 atom stereocenters. The Morgan fingerprint density at radius 2 is 2.40 bits per heavy atom. The third-order valence-corrected chi connectivity index (χ3v) is 1.71. The number of nitrogens with two attached hydrogens (primary N) is 1. The van der Waals surface area contributed by atoms with Crippen molar-refractivity contribution in [1.29, 1.82) is 0 Å². The van der Waals surface area contributed by atoms with Crippen LogP contribution in [0.25, 0.3) is 0 Å². The summed E-state index contributed by atoms with van der Waals surface area (Å²) in [5.74, 6) is 1.37.